The monoisotopic (exact) mass is 404 g/mol. The van der Waals surface area contributed by atoms with Crippen molar-refractivity contribution in [3.8, 4) is 11.5 Å². The van der Waals surface area contributed by atoms with Gasteiger partial charge in [-0.3, -0.25) is 0 Å². The molecule has 27 heavy (non-hydrogen) atoms. The van der Waals surface area contributed by atoms with Crippen LogP contribution in [0.2, 0.25) is 5.02 Å². The van der Waals surface area contributed by atoms with Gasteiger partial charge in [0.15, 0.2) is 5.11 Å². The Labute approximate surface area is 167 Å². The van der Waals surface area contributed by atoms with Gasteiger partial charge < -0.3 is 14.6 Å². The fourth-order valence-corrected chi connectivity index (χ4v) is 2.91. The molecule has 1 heterocycles. The lowest BCUT2D eigenvalue weighted by Gasteiger charge is -2.28. The van der Waals surface area contributed by atoms with E-state index in [1.165, 1.54) is 12.1 Å². The lowest BCUT2D eigenvalue weighted by atomic mass is 10.2. The van der Waals surface area contributed by atoms with Gasteiger partial charge in [0.1, 0.15) is 5.82 Å². The summed E-state index contributed by atoms with van der Waals surface area (Å²) in [5.74, 6) is 0.562. The molecule has 0 fully saturated rings. The first kappa shape index (κ1) is 19.3. The van der Waals surface area contributed by atoms with E-state index in [4.69, 9.17) is 28.2 Å². The number of rotatable bonds is 5. The fraction of sp³-hybridized carbons (Fsp3) is 0.211. The Morgan fingerprint density at radius 1 is 1.15 bits per heavy atom. The van der Waals surface area contributed by atoms with E-state index in [9.17, 15) is 4.39 Å². The molecule has 0 saturated carbocycles. The lowest BCUT2D eigenvalue weighted by molar-refractivity contribution is 0.309. The second-order valence-electron chi connectivity index (χ2n) is 6.17. The Kier molecular flexibility index (Phi) is 6.03. The van der Waals surface area contributed by atoms with Crippen molar-refractivity contribution < 1.29 is 8.81 Å². The molecule has 0 unspecified atom stereocenters. The molecular formula is C19H18ClFN4OS. The molecule has 2 aromatic carbocycles. The van der Waals surface area contributed by atoms with Crippen molar-refractivity contribution in [2.75, 3.05) is 5.32 Å². The molecule has 5 nitrogen and oxygen atoms in total. The van der Waals surface area contributed by atoms with Crippen molar-refractivity contribution in [2.24, 2.45) is 0 Å². The van der Waals surface area contributed by atoms with E-state index < -0.39 is 0 Å². The van der Waals surface area contributed by atoms with Crippen LogP contribution < -0.4 is 5.32 Å². The van der Waals surface area contributed by atoms with E-state index in [2.05, 4.69) is 15.5 Å². The van der Waals surface area contributed by atoms with Gasteiger partial charge in [0.25, 0.3) is 0 Å². The number of nitrogens with one attached hydrogen (secondary N) is 1. The van der Waals surface area contributed by atoms with Gasteiger partial charge in [-0.15, -0.1) is 10.2 Å². The normalized spacial score (nSPS) is 10.9. The Morgan fingerprint density at radius 3 is 2.44 bits per heavy atom. The van der Waals surface area contributed by atoms with Crippen LogP contribution in [0.25, 0.3) is 11.5 Å². The van der Waals surface area contributed by atoms with Gasteiger partial charge >= 0.3 is 0 Å². The van der Waals surface area contributed by atoms with Crippen LogP contribution in [0.4, 0.5) is 10.1 Å². The zero-order chi connectivity index (χ0) is 19.4. The quantitative estimate of drug-likeness (QED) is 0.594. The highest BCUT2D eigenvalue weighted by Crippen LogP contribution is 2.21. The van der Waals surface area contributed by atoms with Crippen molar-refractivity contribution in [1.29, 1.82) is 0 Å². The minimum absolute atomic E-state index is 0.0938. The second-order valence-corrected chi connectivity index (χ2v) is 6.99. The van der Waals surface area contributed by atoms with Gasteiger partial charge in [-0.1, -0.05) is 11.6 Å². The number of thiocarbonyl (C=S) groups is 1. The third-order valence-corrected chi connectivity index (χ3v) is 4.43. The van der Waals surface area contributed by atoms with Crippen LogP contribution in [-0.2, 0) is 6.54 Å². The van der Waals surface area contributed by atoms with E-state index in [-0.39, 0.29) is 11.9 Å². The molecule has 0 amide bonds. The number of hydrogen-bond acceptors (Lipinski definition) is 4. The first-order valence-corrected chi connectivity index (χ1v) is 9.12. The molecule has 3 rings (SSSR count). The summed E-state index contributed by atoms with van der Waals surface area (Å²) in [5.41, 5.74) is 1.50. The topological polar surface area (TPSA) is 54.2 Å². The Balaban J connectivity index is 1.71. The summed E-state index contributed by atoms with van der Waals surface area (Å²) in [5, 5.41) is 12.4. The first-order chi connectivity index (χ1) is 12.9. The van der Waals surface area contributed by atoms with Crippen LogP contribution in [0.15, 0.2) is 52.9 Å². The van der Waals surface area contributed by atoms with Gasteiger partial charge in [0.05, 0.1) is 6.54 Å². The summed E-state index contributed by atoms with van der Waals surface area (Å²) in [6.07, 6.45) is 0. The largest absolute Gasteiger partial charge is 0.419 e. The molecule has 0 bridgehead atoms. The van der Waals surface area contributed by atoms with Crippen LogP contribution in [-0.4, -0.2) is 26.3 Å². The summed E-state index contributed by atoms with van der Waals surface area (Å²) < 4.78 is 18.8. The number of anilines is 1. The summed E-state index contributed by atoms with van der Waals surface area (Å²) >= 11 is 11.4. The molecular weight excluding hydrogens is 387 g/mol. The third-order valence-electron chi connectivity index (χ3n) is 3.84. The van der Waals surface area contributed by atoms with Gasteiger partial charge in [0.2, 0.25) is 11.8 Å². The summed E-state index contributed by atoms with van der Waals surface area (Å²) in [7, 11) is 0. The molecule has 0 saturated heterocycles. The predicted molar refractivity (Wildman–Crippen MR) is 108 cm³/mol. The number of aromatic nitrogens is 2. The second kappa shape index (κ2) is 8.45. The zero-order valence-electron chi connectivity index (χ0n) is 14.8. The van der Waals surface area contributed by atoms with E-state index in [1.807, 2.05) is 30.9 Å². The molecule has 0 aliphatic carbocycles. The highest BCUT2D eigenvalue weighted by Gasteiger charge is 2.18. The van der Waals surface area contributed by atoms with Gasteiger partial charge in [-0.2, -0.15) is 0 Å². The molecule has 8 heteroatoms. The van der Waals surface area contributed by atoms with Crippen LogP contribution in [0.1, 0.15) is 19.7 Å². The molecule has 3 aromatic rings. The standard InChI is InChI=1S/C19H18ClFN4OS/c1-12(2)25(19(27)22-16-9-7-15(21)8-10-16)11-17-23-24-18(26-17)13-3-5-14(20)6-4-13/h3-10,12H,11H2,1-2H3,(H,22,27). The molecule has 0 spiro atoms. The molecule has 1 N–H and O–H groups in total. The van der Waals surface area contributed by atoms with E-state index >= 15 is 0 Å². The van der Waals surface area contributed by atoms with Gasteiger partial charge in [-0.25, -0.2) is 4.39 Å². The van der Waals surface area contributed by atoms with E-state index in [0.29, 0.717) is 34.1 Å². The van der Waals surface area contributed by atoms with Crippen molar-refractivity contribution in [1.82, 2.24) is 15.1 Å². The fourth-order valence-electron chi connectivity index (χ4n) is 2.39. The molecule has 0 radical (unpaired) electrons. The molecule has 0 aliphatic heterocycles. The highest BCUT2D eigenvalue weighted by atomic mass is 35.5. The number of nitrogens with zero attached hydrogens (tertiary/aromatic N) is 3. The van der Waals surface area contributed by atoms with E-state index in [0.717, 1.165) is 5.56 Å². The highest BCUT2D eigenvalue weighted by molar-refractivity contribution is 7.80. The third kappa shape index (κ3) is 5.02. The Hall–Kier alpha value is -2.51. The van der Waals surface area contributed by atoms with Crippen LogP contribution in [0.3, 0.4) is 0 Å². The van der Waals surface area contributed by atoms with Crippen LogP contribution in [0, 0.1) is 5.82 Å². The maximum absolute atomic E-state index is 13.1. The average molecular weight is 405 g/mol. The summed E-state index contributed by atoms with van der Waals surface area (Å²) in [4.78, 5) is 1.91. The lowest BCUT2D eigenvalue weighted by Crippen LogP contribution is -2.39. The molecule has 1 aromatic heterocycles. The van der Waals surface area contributed by atoms with Crippen molar-refractivity contribution in [2.45, 2.75) is 26.4 Å². The minimum atomic E-state index is -0.298. The average Bonchev–Trinajstić information content (AvgIpc) is 3.10. The maximum atomic E-state index is 13.1. The predicted octanol–water partition coefficient (Wildman–Crippen LogP) is 5.14. The van der Waals surface area contributed by atoms with E-state index in [1.54, 1.807) is 24.3 Å². The maximum Gasteiger partial charge on any atom is 0.247 e. The first-order valence-electron chi connectivity index (χ1n) is 8.34. The Bertz CT molecular complexity index is 912. The number of hydrogen-bond donors (Lipinski definition) is 1. The van der Waals surface area contributed by atoms with Crippen molar-refractivity contribution in [3.05, 3.63) is 65.3 Å². The molecule has 0 aliphatic rings. The smallest absolute Gasteiger partial charge is 0.247 e. The van der Waals surface area contributed by atoms with Crippen molar-refractivity contribution in [3.63, 3.8) is 0 Å². The van der Waals surface area contributed by atoms with Crippen molar-refractivity contribution >= 4 is 34.6 Å². The molecule has 0 atom stereocenters. The Morgan fingerprint density at radius 2 is 1.81 bits per heavy atom. The number of benzene rings is 2. The zero-order valence-corrected chi connectivity index (χ0v) is 16.4. The van der Waals surface area contributed by atoms with Gasteiger partial charge in [-0.05, 0) is 74.6 Å². The SMILES string of the molecule is CC(C)N(Cc1nnc(-c2ccc(Cl)cc2)o1)C(=S)Nc1ccc(F)cc1. The minimum Gasteiger partial charge on any atom is -0.419 e. The van der Waals surface area contributed by atoms with Gasteiger partial charge in [0, 0.05) is 22.3 Å². The van der Waals surface area contributed by atoms with Crippen LogP contribution >= 0.6 is 23.8 Å². The molecule has 140 valence electrons. The van der Waals surface area contributed by atoms with Crippen LogP contribution in [0.5, 0.6) is 0 Å². The number of halogens is 2. The summed E-state index contributed by atoms with van der Waals surface area (Å²) in [6.45, 7) is 4.37. The summed E-state index contributed by atoms with van der Waals surface area (Å²) in [6, 6.07) is 13.3.